The summed E-state index contributed by atoms with van der Waals surface area (Å²) in [7, 11) is 1.59. The predicted octanol–water partition coefficient (Wildman–Crippen LogP) is 0.766. The van der Waals surface area contributed by atoms with Gasteiger partial charge in [0.25, 0.3) is 0 Å². The van der Waals surface area contributed by atoms with Crippen molar-refractivity contribution in [3.05, 3.63) is 0 Å². The fourth-order valence-corrected chi connectivity index (χ4v) is 2.93. The standard InChI is InChI=1S/C12H22N2O2/c1-16-9-12(15)14-8-3-2-6-11(14)10-5-4-7-13-10/h10-11,13H,2-9H2,1H3. The van der Waals surface area contributed by atoms with E-state index in [0.717, 1.165) is 25.9 Å². The van der Waals surface area contributed by atoms with E-state index in [9.17, 15) is 4.79 Å². The lowest BCUT2D eigenvalue weighted by Crippen LogP contribution is -2.53. The quantitative estimate of drug-likeness (QED) is 0.772. The number of methoxy groups -OCH3 is 1. The summed E-state index contributed by atoms with van der Waals surface area (Å²) in [6.45, 7) is 2.24. The van der Waals surface area contributed by atoms with Crippen molar-refractivity contribution >= 4 is 5.91 Å². The van der Waals surface area contributed by atoms with Crippen molar-refractivity contribution in [3.8, 4) is 0 Å². The Bertz CT molecular complexity index is 239. The molecule has 0 aromatic rings. The van der Waals surface area contributed by atoms with Crippen LogP contribution in [0.4, 0.5) is 0 Å². The Morgan fingerprint density at radius 3 is 2.94 bits per heavy atom. The number of amides is 1. The van der Waals surface area contributed by atoms with E-state index in [1.54, 1.807) is 7.11 Å². The van der Waals surface area contributed by atoms with E-state index in [1.165, 1.54) is 19.3 Å². The molecule has 16 heavy (non-hydrogen) atoms. The summed E-state index contributed by atoms with van der Waals surface area (Å²) in [5.74, 6) is 0.154. The van der Waals surface area contributed by atoms with Gasteiger partial charge >= 0.3 is 0 Å². The molecule has 92 valence electrons. The largest absolute Gasteiger partial charge is 0.375 e. The SMILES string of the molecule is COCC(=O)N1CCCCC1C1CCCN1. The van der Waals surface area contributed by atoms with Crippen LogP contribution < -0.4 is 5.32 Å². The van der Waals surface area contributed by atoms with E-state index in [2.05, 4.69) is 5.32 Å². The van der Waals surface area contributed by atoms with Crippen LogP contribution in [0.3, 0.4) is 0 Å². The molecule has 2 aliphatic rings. The van der Waals surface area contributed by atoms with E-state index in [0.29, 0.717) is 12.1 Å². The lowest BCUT2D eigenvalue weighted by Gasteiger charge is -2.39. The molecule has 2 fully saturated rings. The highest BCUT2D eigenvalue weighted by Gasteiger charge is 2.33. The molecule has 0 spiro atoms. The molecule has 2 unspecified atom stereocenters. The Hall–Kier alpha value is -0.610. The van der Waals surface area contributed by atoms with E-state index in [-0.39, 0.29) is 12.5 Å². The smallest absolute Gasteiger partial charge is 0.248 e. The Labute approximate surface area is 97.3 Å². The van der Waals surface area contributed by atoms with Crippen molar-refractivity contribution in [3.63, 3.8) is 0 Å². The van der Waals surface area contributed by atoms with Gasteiger partial charge in [-0.1, -0.05) is 0 Å². The summed E-state index contributed by atoms with van der Waals surface area (Å²) in [6.07, 6.45) is 5.99. The summed E-state index contributed by atoms with van der Waals surface area (Å²) in [5, 5.41) is 3.52. The molecule has 0 radical (unpaired) electrons. The number of carbonyl (C=O) groups excluding carboxylic acids is 1. The van der Waals surface area contributed by atoms with Crippen LogP contribution in [-0.2, 0) is 9.53 Å². The molecule has 0 aliphatic carbocycles. The number of carbonyl (C=O) groups is 1. The first-order valence-corrected chi connectivity index (χ1v) is 6.34. The molecule has 2 rings (SSSR count). The van der Waals surface area contributed by atoms with Gasteiger partial charge in [-0.2, -0.15) is 0 Å². The number of rotatable bonds is 3. The van der Waals surface area contributed by atoms with Crippen molar-refractivity contribution in [2.45, 2.75) is 44.2 Å². The Morgan fingerprint density at radius 1 is 1.38 bits per heavy atom. The van der Waals surface area contributed by atoms with Crippen LogP contribution in [-0.4, -0.2) is 49.7 Å². The fraction of sp³-hybridized carbons (Fsp3) is 0.917. The first-order chi connectivity index (χ1) is 7.83. The third-order valence-electron chi connectivity index (χ3n) is 3.70. The van der Waals surface area contributed by atoms with Crippen molar-refractivity contribution < 1.29 is 9.53 Å². The summed E-state index contributed by atoms with van der Waals surface area (Å²) >= 11 is 0. The van der Waals surface area contributed by atoms with Gasteiger partial charge < -0.3 is 15.0 Å². The first kappa shape index (κ1) is 11.9. The van der Waals surface area contributed by atoms with Crippen LogP contribution in [0.15, 0.2) is 0 Å². The van der Waals surface area contributed by atoms with Gasteiger partial charge in [0.2, 0.25) is 5.91 Å². The van der Waals surface area contributed by atoms with E-state index >= 15 is 0 Å². The fourth-order valence-electron chi connectivity index (χ4n) is 2.93. The van der Waals surface area contributed by atoms with Gasteiger partial charge in [0.1, 0.15) is 6.61 Å². The molecule has 0 saturated carbocycles. The number of nitrogens with zero attached hydrogens (tertiary/aromatic N) is 1. The van der Waals surface area contributed by atoms with Gasteiger partial charge in [-0.3, -0.25) is 4.79 Å². The number of likely N-dealkylation sites (tertiary alicyclic amines) is 1. The van der Waals surface area contributed by atoms with Crippen LogP contribution in [0.2, 0.25) is 0 Å². The van der Waals surface area contributed by atoms with Crippen molar-refractivity contribution in [1.82, 2.24) is 10.2 Å². The Kier molecular flexibility index (Phi) is 4.18. The maximum absolute atomic E-state index is 11.9. The monoisotopic (exact) mass is 226 g/mol. The van der Waals surface area contributed by atoms with Gasteiger partial charge in [-0.05, 0) is 38.6 Å². The zero-order valence-corrected chi connectivity index (χ0v) is 10.1. The number of hydrogen-bond donors (Lipinski definition) is 1. The maximum Gasteiger partial charge on any atom is 0.248 e. The number of ether oxygens (including phenoxy) is 1. The van der Waals surface area contributed by atoms with Gasteiger partial charge in [0.05, 0.1) is 0 Å². The van der Waals surface area contributed by atoms with Gasteiger partial charge in [0.15, 0.2) is 0 Å². The third kappa shape index (κ3) is 2.55. The molecule has 1 N–H and O–H groups in total. The van der Waals surface area contributed by atoms with Crippen LogP contribution >= 0.6 is 0 Å². The first-order valence-electron chi connectivity index (χ1n) is 6.34. The Morgan fingerprint density at radius 2 is 2.25 bits per heavy atom. The van der Waals surface area contributed by atoms with E-state index in [4.69, 9.17) is 4.74 Å². The molecule has 0 aromatic heterocycles. The number of nitrogens with one attached hydrogen (secondary N) is 1. The highest BCUT2D eigenvalue weighted by molar-refractivity contribution is 5.78. The van der Waals surface area contributed by atoms with Gasteiger partial charge in [0, 0.05) is 25.7 Å². The van der Waals surface area contributed by atoms with Crippen molar-refractivity contribution in [1.29, 1.82) is 0 Å². The number of piperidine rings is 1. The molecular weight excluding hydrogens is 204 g/mol. The van der Waals surface area contributed by atoms with Crippen molar-refractivity contribution in [2.24, 2.45) is 0 Å². The predicted molar refractivity (Wildman–Crippen MR) is 62.3 cm³/mol. The molecule has 0 aromatic carbocycles. The molecule has 4 heteroatoms. The van der Waals surface area contributed by atoms with E-state index in [1.807, 2.05) is 4.90 Å². The second-order valence-corrected chi connectivity index (χ2v) is 4.79. The number of hydrogen-bond acceptors (Lipinski definition) is 3. The van der Waals surface area contributed by atoms with Crippen LogP contribution in [0.25, 0.3) is 0 Å². The summed E-state index contributed by atoms with van der Waals surface area (Å²) in [6, 6.07) is 0.917. The van der Waals surface area contributed by atoms with Crippen LogP contribution in [0.5, 0.6) is 0 Å². The molecule has 4 nitrogen and oxygen atoms in total. The highest BCUT2D eigenvalue weighted by atomic mass is 16.5. The van der Waals surface area contributed by atoms with Gasteiger partial charge in [-0.15, -0.1) is 0 Å². The summed E-state index contributed by atoms with van der Waals surface area (Å²) in [4.78, 5) is 14.0. The van der Waals surface area contributed by atoms with E-state index < -0.39 is 0 Å². The van der Waals surface area contributed by atoms with Crippen LogP contribution in [0.1, 0.15) is 32.1 Å². The molecule has 1 amide bonds. The highest BCUT2D eigenvalue weighted by Crippen LogP contribution is 2.24. The lowest BCUT2D eigenvalue weighted by molar-refractivity contribution is -0.139. The molecule has 2 heterocycles. The Balaban J connectivity index is 1.98. The zero-order valence-electron chi connectivity index (χ0n) is 10.1. The average Bonchev–Trinajstić information content (AvgIpc) is 2.83. The molecule has 0 bridgehead atoms. The normalized spacial score (nSPS) is 30.7. The molecule has 2 atom stereocenters. The second-order valence-electron chi connectivity index (χ2n) is 4.79. The zero-order chi connectivity index (χ0) is 11.4. The van der Waals surface area contributed by atoms with Crippen molar-refractivity contribution in [2.75, 3.05) is 26.8 Å². The van der Waals surface area contributed by atoms with Gasteiger partial charge in [-0.25, -0.2) is 0 Å². The second kappa shape index (κ2) is 5.64. The minimum atomic E-state index is 0.154. The maximum atomic E-state index is 11.9. The minimum Gasteiger partial charge on any atom is -0.375 e. The van der Waals surface area contributed by atoms with Crippen LogP contribution in [0, 0.1) is 0 Å². The molecule has 2 saturated heterocycles. The summed E-state index contributed by atoms with van der Waals surface area (Å²) in [5.41, 5.74) is 0. The molecule has 2 aliphatic heterocycles. The minimum absolute atomic E-state index is 0.154. The molecular formula is C12H22N2O2. The lowest BCUT2D eigenvalue weighted by atomic mass is 9.94. The topological polar surface area (TPSA) is 41.6 Å². The average molecular weight is 226 g/mol. The summed E-state index contributed by atoms with van der Waals surface area (Å²) < 4.78 is 4.96. The third-order valence-corrected chi connectivity index (χ3v) is 3.70.